The third-order valence-corrected chi connectivity index (χ3v) is 3.78. The van der Waals surface area contributed by atoms with Crippen LogP contribution in [0.25, 0.3) is 0 Å². The van der Waals surface area contributed by atoms with Crippen LogP contribution in [0.2, 0.25) is 0 Å². The summed E-state index contributed by atoms with van der Waals surface area (Å²) in [5.74, 6) is 1.13. The van der Waals surface area contributed by atoms with Gasteiger partial charge in [0.05, 0.1) is 12.6 Å². The predicted molar refractivity (Wildman–Crippen MR) is 83.5 cm³/mol. The fourth-order valence-corrected chi connectivity index (χ4v) is 2.78. The van der Waals surface area contributed by atoms with E-state index in [1.54, 1.807) is 12.1 Å². The first-order valence-corrected chi connectivity index (χ1v) is 7.78. The van der Waals surface area contributed by atoms with Gasteiger partial charge in [0, 0.05) is 12.1 Å². The molecule has 116 valence electrons. The van der Waals surface area contributed by atoms with Crippen LogP contribution in [0.1, 0.15) is 40.0 Å². The van der Waals surface area contributed by atoms with E-state index in [4.69, 9.17) is 4.74 Å². The number of rotatable bonds is 5. The molecule has 0 aromatic carbocycles. The highest BCUT2D eigenvalue weighted by molar-refractivity contribution is 5.94. The Labute approximate surface area is 126 Å². The Morgan fingerprint density at radius 1 is 1.48 bits per heavy atom. The van der Waals surface area contributed by atoms with Gasteiger partial charge in [-0.1, -0.05) is 12.5 Å². The second-order valence-electron chi connectivity index (χ2n) is 5.63. The smallest absolute Gasteiger partial charge is 0.242 e. The molecule has 0 radical (unpaired) electrons. The van der Waals surface area contributed by atoms with Crippen LogP contribution in [0.3, 0.4) is 0 Å². The topological polar surface area (TPSA) is 54.5 Å². The molecule has 1 N–H and O–H groups in total. The van der Waals surface area contributed by atoms with Gasteiger partial charge in [0.2, 0.25) is 11.8 Å². The van der Waals surface area contributed by atoms with Gasteiger partial charge in [-0.3, -0.25) is 9.69 Å². The van der Waals surface area contributed by atoms with Crippen molar-refractivity contribution in [3.8, 4) is 5.88 Å². The van der Waals surface area contributed by atoms with Crippen molar-refractivity contribution in [2.75, 3.05) is 18.5 Å². The average Bonchev–Trinajstić information content (AvgIpc) is 2.48. The number of piperidine rings is 1. The fourth-order valence-electron chi connectivity index (χ4n) is 2.78. The number of hydrogen-bond donors (Lipinski definition) is 1. The van der Waals surface area contributed by atoms with E-state index in [0.29, 0.717) is 24.3 Å². The molecule has 1 unspecified atom stereocenters. The lowest BCUT2D eigenvalue weighted by atomic mass is 9.99. The summed E-state index contributed by atoms with van der Waals surface area (Å²) in [5, 5.41) is 2.92. The molecule has 5 nitrogen and oxygen atoms in total. The van der Waals surface area contributed by atoms with Crippen molar-refractivity contribution in [2.24, 2.45) is 0 Å². The Kier molecular flexibility index (Phi) is 5.56. The van der Waals surface area contributed by atoms with E-state index in [9.17, 15) is 4.79 Å². The number of amides is 1. The van der Waals surface area contributed by atoms with Gasteiger partial charge in [-0.05, 0) is 46.2 Å². The van der Waals surface area contributed by atoms with Crippen LogP contribution < -0.4 is 10.1 Å². The van der Waals surface area contributed by atoms with E-state index >= 15 is 0 Å². The minimum atomic E-state index is -0.0590. The number of pyridine rings is 1. The van der Waals surface area contributed by atoms with Crippen molar-refractivity contribution in [2.45, 2.75) is 52.1 Å². The summed E-state index contributed by atoms with van der Waals surface area (Å²) in [6, 6.07) is 5.75. The Balaban J connectivity index is 2.04. The van der Waals surface area contributed by atoms with Gasteiger partial charge < -0.3 is 10.1 Å². The first-order chi connectivity index (χ1) is 10.1. The number of nitrogens with zero attached hydrogens (tertiary/aromatic N) is 2. The highest BCUT2D eigenvalue weighted by Crippen LogP contribution is 2.21. The molecule has 2 rings (SSSR count). The lowest BCUT2D eigenvalue weighted by Gasteiger charge is -2.37. The number of carbonyl (C=O) groups excluding carboxylic acids is 1. The third kappa shape index (κ3) is 4.17. The maximum atomic E-state index is 12.5. The molecule has 21 heavy (non-hydrogen) atoms. The van der Waals surface area contributed by atoms with Crippen LogP contribution in [0.15, 0.2) is 18.2 Å². The summed E-state index contributed by atoms with van der Waals surface area (Å²) in [6.45, 7) is 7.74. The van der Waals surface area contributed by atoms with E-state index in [1.807, 2.05) is 13.0 Å². The summed E-state index contributed by atoms with van der Waals surface area (Å²) >= 11 is 0. The molecule has 1 aliphatic heterocycles. The number of anilines is 1. The second kappa shape index (κ2) is 7.41. The molecule has 1 saturated heterocycles. The van der Waals surface area contributed by atoms with Crippen molar-refractivity contribution in [1.29, 1.82) is 0 Å². The minimum Gasteiger partial charge on any atom is -0.478 e. The van der Waals surface area contributed by atoms with Crippen LogP contribution in [0, 0.1) is 0 Å². The van der Waals surface area contributed by atoms with Crippen LogP contribution >= 0.6 is 0 Å². The highest BCUT2D eigenvalue weighted by atomic mass is 16.5. The Hall–Kier alpha value is -1.62. The van der Waals surface area contributed by atoms with E-state index in [0.717, 1.165) is 19.4 Å². The Morgan fingerprint density at radius 2 is 2.29 bits per heavy atom. The maximum Gasteiger partial charge on any atom is 0.242 e. The zero-order chi connectivity index (χ0) is 15.2. The number of nitrogens with one attached hydrogen (secondary N) is 1. The van der Waals surface area contributed by atoms with Gasteiger partial charge in [-0.2, -0.15) is 4.98 Å². The molecule has 0 spiro atoms. The molecule has 1 aromatic rings. The molecular weight excluding hydrogens is 266 g/mol. The number of aromatic nitrogens is 1. The summed E-state index contributed by atoms with van der Waals surface area (Å²) in [7, 11) is 0. The van der Waals surface area contributed by atoms with Crippen molar-refractivity contribution >= 4 is 11.7 Å². The van der Waals surface area contributed by atoms with Crippen LogP contribution in [0.5, 0.6) is 5.88 Å². The normalized spacial score (nSPS) is 19.5. The SMILES string of the molecule is CCOc1cccc(NC(=O)C2CCCCN2C(C)C)n1. The number of ether oxygens (including phenoxy) is 1. The molecule has 0 saturated carbocycles. The van der Waals surface area contributed by atoms with Gasteiger partial charge >= 0.3 is 0 Å². The highest BCUT2D eigenvalue weighted by Gasteiger charge is 2.30. The van der Waals surface area contributed by atoms with Gasteiger partial charge in [0.1, 0.15) is 5.82 Å². The third-order valence-electron chi connectivity index (χ3n) is 3.78. The minimum absolute atomic E-state index is 0.0320. The van der Waals surface area contributed by atoms with Crippen LogP contribution in [0.4, 0.5) is 5.82 Å². The van der Waals surface area contributed by atoms with Gasteiger partial charge in [0.15, 0.2) is 0 Å². The Bertz CT molecular complexity index is 476. The molecule has 1 amide bonds. The quantitative estimate of drug-likeness (QED) is 0.906. The molecule has 1 aromatic heterocycles. The molecule has 1 atom stereocenters. The summed E-state index contributed by atoms with van der Waals surface area (Å²) in [5.41, 5.74) is 0. The lowest BCUT2D eigenvalue weighted by Crippen LogP contribution is -2.50. The molecular formula is C16H25N3O2. The number of hydrogen-bond acceptors (Lipinski definition) is 4. The van der Waals surface area contributed by atoms with Gasteiger partial charge in [-0.25, -0.2) is 0 Å². The van der Waals surface area contributed by atoms with Gasteiger partial charge in [-0.15, -0.1) is 0 Å². The van der Waals surface area contributed by atoms with E-state index < -0.39 is 0 Å². The standard InChI is InChI=1S/C16H25N3O2/c1-4-21-15-10-7-9-14(17-15)18-16(20)13-8-5-6-11-19(13)12(2)3/h7,9-10,12-13H,4-6,8,11H2,1-3H3,(H,17,18,20). The molecule has 2 heterocycles. The zero-order valence-corrected chi connectivity index (χ0v) is 13.1. The van der Waals surface area contributed by atoms with Crippen molar-refractivity contribution < 1.29 is 9.53 Å². The largest absolute Gasteiger partial charge is 0.478 e. The Morgan fingerprint density at radius 3 is 3.00 bits per heavy atom. The van der Waals surface area contributed by atoms with E-state index in [1.165, 1.54) is 6.42 Å². The number of likely N-dealkylation sites (tertiary alicyclic amines) is 1. The molecule has 0 bridgehead atoms. The summed E-state index contributed by atoms with van der Waals surface area (Å²) in [6.07, 6.45) is 3.18. The maximum absolute atomic E-state index is 12.5. The summed E-state index contributed by atoms with van der Waals surface area (Å²) < 4.78 is 5.36. The monoisotopic (exact) mass is 291 g/mol. The van der Waals surface area contributed by atoms with Crippen LogP contribution in [-0.2, 0) is 4.79 Å². The van der Waals surface area contributed by atoms with Crippen molar-refractivity contribution in [1.82, 2.24) is 9.88 Å². The fraction of sp³-hybridized carbons (Fsp3) is 0.625. The van der Waals surface area contributed by atoms with Crippen LogP contribution in [-0.4, -0.2) is 41.0 Å². The van der Waals surface area contributed by atoms with Gasteiger partial charge in [0.25, 0.3) is 0 Å². The first-order valence-electron chi connectivity index (χ1n) is 7.78. The van der Waals surface area contributed by atoms with Crippen molar-refractivity contribution in [3.63, 3.8) is 0 Å². The van der Waals surface area contributed by atoms with Crippen molar-refractivity contribution in [3.05, 3.63) is 18.2 Å². The van der Waals surface area contributed by atoms with E-state index in [-0.39, 0.29) is 11.9 Å². The first kappa shape index (κ1) is 15.8. The molecule has 0 aliphatic carbocycles. The second-order valence-corrected chi connectivity index (χ2v) is 5.63. The number of carbonyl (C=O) groups is 1. The molecule has 1 aliphatic rings. The predicted octanol–water partition coefficient (Wildman–Crippen LogP) is 2.68. The average molecular weight is 291 g/mol. The van der Waals surface area contributed by atoms with E-state index in [2.05, 4.69) is 29.0 Å². The summed E-state index contributed by atoms with van der Waals surface area (Å²) in [4.78, 5) is 19.1. The lowest BCUT2D eigenvalue weighted by molar-refractivity contribution is -0.123. The zero-order valence-electron chi connectivity index (χ0n) is 13.1. The molecule has 1 fully saturated rings. The molecule has 5 heteroatoms.